The van der Waals surface area contributed by atoms with Gasteiger partial charge in [-0.1, -0.05) is 12.8 Å². The fourth-order valence-electron chi connectivity index (χ4n) is 4.59. The number of hydrogen-bond donors (Lipinski definition) is 2. The van der Waals surface area contributed by atoms with Crippen LogP contribution in [0.25, 0.3) is 0 Å². The van der Waals surface area contributed by atoms with Gasteiger partial charge >= 0.3 is 0 Å². The largest absolute Gasteiger partial charge is 0.495 e. The quantitative estimate of drug-likeness (QED) is 0.737. The molecule has 0 bridgehead atoms. The first-order valence-electron chi connectivity index (χ1n) is 10.9. The minimum atomic E-state index is -0.542. The summed E-state index contributed by atoms with van der Waals surface area (Å²) in [6.07, 6.45) is 6.22. The molecule has 2 amide bonds. The Balaban J connectivity index is 1.74. The fraction of sp³-hybridized carbons (Fsp3) is 0.478. The minimum absolute atomic E-state index is 0.0484. The molecule has 170 valence electrons. The summed E-state index contributed by atoms with van der Waals surface area (Å²) in [4.78, 5) is 37.8. The van der Waals surface area contributed by atoms with Crippen molar-refractivity contribution in [1.29, 1.82) is 0 Å². The van der Waals surface area contributed by atoms with Crippen molar-refractivity contribution in [2.45, 2.75) is 45.6 Å². The zero-order valence-electron chi connectivity index (χ0n) is 19.0. The number of nitrogens with two attached hydrogens (primary N) is 1. The van der Waals surface area contributed by atoms with Crippen LogP contribution >= 0.6 is 0 Å². The number of aromatic nitrogens is 2. The molecular weight excluding hydrogens is 408 g/mol. The van der Waals surface area contributed by atoms with Crippen LogP contribution in [-0.4, -0.2) is 48.5 Å². The number of methoxy groups -OCH3 is 1. The second-order valence-electron chi connectivity index (χ2n) is 9.12. The Morgan fingerprint density at radius 2 is 2.00 bits per heavy atom. The Bertz CT molecular complexity index is 1050. The predicted octanol–water partition coefficient (Wildman–Crippen LogP) is 3.08. The van der Waals surface area contributed by atoms with E-state index in [1.165, 1.54) is 20.0 Å². The van der Waals surface area contributed by atoms with Crippen LogP contribution in [0.15, 0.2) is 24.4 Å². The summed E-state index contributed by atoms with van der Waals surface area (Å²) < 4.78 is 5.41. The Kier molecular flexibility index (Phi) is 5.66. The third-order valence-corrected chi connectivity index (χ3v) is 6.33. The van der Waals surface area contributed by atoms with Crippen molar-refractivity contribution in [2.24, 2.45) is 11.1 Å². The third-order valence-electron chi connectivity index (χ3n) is 6.33. The number of amides is 2. The van der Waals surface area contributed by atoms with Gasteiger partial charge < -0.3 is 25.6 Å². The van der Waals surface area contributed by atoms with Crippen LogP contribution in [0.2, 0.25) is 0 Å². The Labute approximate surface area is 188 Å². The SMILES string of the molecule is COc1cc(C(N)=O)ccc1Nc1ncc2c(n1)N(C1CCCC1)CC(C)(C)C(=O)N2C. The van der Waals surface area contributed by atoms with Gasteiger partial charge in [0.1, 0.15) is 11.4 Å². The first-order chi connectivity index (χ1) is 15.2. The van der Waals surface area contributed by atoms with Crippen LogP contribution in [0.1, 0.15) is 49.9 Å². The Hall–Kier alpha value is -3.36. The molecule has 9 nitrogen and oxygen atoms in total. The first-order valence-corrected chi connectivity index (χ1v) is 10.9. The molecule has 0 radical (unpaired) electrons. The molecular formula is C23H30N6O3. The van der Waals surface area contributed by atoms with Gasteiger partial charge in [-0.15, -0.1) is 0 Å². The molecule has 1 saturated carbocycles. The maximum atomic E-state index is 13.1. The second-order valence-corrected chi connectivity index (χ2v) is 9.12. The molecule has 2 heterocycles. The number of anilines is 4. The monoisotopic (exact) mass is 438 g/mol. The van der Waals surface area contributed by atoms with Crippen LogP contribution in [0.3, 0.4) is 0 Å². The van der Waals surface area contributed by atoms with Gasteiger partial charge in [-0.2, -0.15) is 4.98 Å². The molecule has 1 aromatic carbocycles. The molecule has 3 N–H and O–H groups in total. The molecule has 0 unspecified atom stereocenters. The Morgan fingerprint density at radius 1 is 1.28 bits per heavy atom. The number of hydrogen-bond acceptors (Lipinski definition) is 7. The van der Waals surface area contributed by atoms with E-state index in [0.717, 1.165) is 18.7 Å². The van der Waals surface area contributed by atoms with Gasteiger partial charge in [0.05, 0.1) is 24.4 Å². The van der Waals surface area contributed by atoms with Crippen LogP contribution in [0, 0.1) is 5.41 Å². The van der Waals surface area contributed by atoms with Crippen LogP contribution in [-0.2, 0) is 4.79 Å². The highest BCUT2D eigenvalue weighted by Gasteiger charge is 2.41. The standard InChI is InChI=1S/C23H30N6O3/c1-23(2)13-29(15-7-5-6-8-15)20-17(28(3)21(23)31)12-25-22(27-20)26-16-10-9-14(19(24)30)11-18(16)32-4/h9-12,15H,5-8,13H2,1-4H3,(H2,24,30)(H,25,26,27). The third kappa shape index (κ3) is 3.94. The second kappa shape index (κ2) is 8.29. The van der Waals surface area contributed by atoms with E-state index in [1.807, 2.05) is 13.8 Å². The molecule has 0 spiro atoms. The molecule has 9 heteroatoms. The maximum absolute atomic E-state index is 13.1. The van der Waals surface area contributed by atoms with E-state index in [9.17, 15) is 9.59 Å². The van der Waals surface area contributed by atoms with Crippen LogP contribution < -0.4 is 25.6 Å². The van der Waals surface area contributed by atoms with Gasteiger partial charge in [0, 0.05) is 25.2 Å². The highest BCUT2D eigenvalue weighted by Crippen LogP contribution is 2.40. The van der Waals surface area contributed by atoms with E-state index in [0.29, 0.717) is 41.2 Å². The van der Waals surface area contributed by atoms with E-state index < -0.39 is 11.3 Å². The van der Waals surface area contributed by atoms with Crippen molar-refractivity contribution >= 4 is 35.0 Å². The number of benzene rings is 1. The molecule has 1 aliphatic carbocycles. The van der Waals surface area contributed by atoms with E-state index in [4.69, 9.17) is 15.5 Å². The molecule has 0 saturated heterocycles. The molecule has 0 atom stereocenters. The molecule has 2 aliphatic rings. The normalized spacial score (nSPS) is 18.3. The highest BCUT2D eigenvalue weighted by molar-refractivity contribution is 6.01. The number of primary amides is 1. The molecule has 4 rings (SSSR count). The molecule has 1 aromatic heterocycles. The summed E-state index contributed by atoms with van der Waals surface area (Å²) in [5.74, 6) is 1.12. The zero-order valence-corrected chi connectivity index (χ0v) is 19.0. The summed E-state index contributed by atoms with van der Waals surface area (Å²) in [5.41, 5.74) is 6.50. The summed E-state index contributed by atoms with van der Waals surface area (Å²) in [7, 11) is 3.30. The van der Waals surface area contributed by atoms with E-state index in [-0.39, 0.29) is 5.91 Å². The van der Waals surface area contributed by atoms with Crippen molar-refractivity contribution in [3.63, 3.8) is 0 Å². The lowest BCUT2D eigenvalue weighted by Gasteiger charge is -2.34. The van der Waals surface area contributed by atoms with E-state index >= 15 is 0 Å². The lowest BCUT2D eigenvalue weighted by atomic mass is 9.91. The number of carbonyl (C=O) groups is 2. The number of ether oxygens (including phenoxy) is 1. The lowest BCUT2D eigenvalue weighted by molar-refractivity contribution is -0.125. The number of nitrogens with one attached hydrogen (secondary N) is 1. The minimum Gasteiger partial charge on any atom is -0.495 e. The van der Waals surface area contributed by atoms with Crippen molar-refractivity contribution < 1.29 is 14.3 Å². The topological polar surface area (TPSA) is 114 Å². The van der Waals surface area contributed by atoms with Crippen LogP contribution in [0.4, 0.5) is 23.1 Å². The van der Waals surface area contributed by atoms with Gasteiger partial charge in [0.15, 0.2) is 5.82 Å². The molecule has 32 heavy (non-hydrogen) atoms. The number of nitrogens with zero attached hydrogens (tertiary/aromatic N) is 4. The summed E-state index contributed by atoms with van der Waals surface area (Å²) in [6, 6.07) is 5.26. The number of rotatable bonds is 5. The summed E-state index contributed by atoms with van der Waals surface area (Å²) in [6.45, 7) is 4.57. The molecule has 1 aliphatic heterocycles. The van der Waals surface area contributed by atoms with Crippen molar-refractivity contribution in [3.8, 4) is 5.75 Å². The van der Waals surface area contributed by atoms with E-state index in [1.54, 1.807) is 36.3 Å². The Morgan fingerprint density at radius 3 is 2.66 bits per heavy atom. The van der Waals surface area contributed by atoms with Gasteiger partial charge in [0.2, 0.25) is 17.8 Å². The predicted molar refractivity (Wildman–Crippen MR) is 124 cm³/mol. The van der Waals surface area contributed by atoms with Gasteiger partial charge in [-0.3, -0.25) is 9.59 Å². The average molecular weight is 439 g/mol. The average Bonchev–Trinajstić information content (AvgIpc) is 3.29. The number of fused-ring (bicyclic) bond motifs is 1. The maximum Gasteiger partial charge on any atom is 0.248 e. The number of carbonyl (C=O) groups excluding carboxylic acids is 2. The zero-order chi connectivity index (χ0) is 23.0. The van der Waals surface area contributed by atoms with Crippen LogP contribution in [0.5, 0.6) is 5.75 Å². The lowest BCUT2D eigenvalue weighted by Crippen LogP contribution is -2.45. The molecule has 2 aromatic rings. The smallest absolute Gasteiger partial charge is 0.248 e. The highest BCUT2D eigenvalue weighted by atomic mass is 16.5. The van der Waals surface area contributed by atoms with Crippen molar-refractivity contribution in [1.82, 2.24) is 9.97 Å². The first kappa shape index (κ1) is 21.9. The van der Waals surface area contributed by atoms with Crippen molar-refractivity contribution in [2.75, 3.05) is 35.8 Å². The summed E-state index contributed by atoms with van der Waals surface area (Å²) in [5, 5.41) is 3.19. The summed E-state index contributed by atoms with van der Waals surface area (Å²) >= 11 is 0. The molecule has 1 fully saturated rings. The van der Waals surface area contributed by atoms with Crippen molar-refractivity contribution in [3.05, 3.63) is 30.0 Å². The van der Waals surface area contributed by atoms with E-state index in [2.05, 4.69) is 15.2 Å². The fourth-order valence-corrected chi connectivity index (χ4v) is 4.59. The van der Waals surface area contributed by atoms with Gasteiger partial charge in [-0.25, -0.2) is 4.98 Å². The van der Waals surface area contributed by atoms with Gasteiger partial charge in [-0.05, 0) is 44.9 Å². The van der Waals surface area contributed by atoms with Gasteiger partial charge in [0.25, 0.3) is 0 Å².